The number of nitro groups is 1. The summed E-state index contributed by atoms with van der Waals surface area (Å²) in [6, 6.07) is 0. The Morgan fingerprint density at radius 3 is 2.78 bits per heavy atom. The van der Waals surface area contributed by atoms with Crippen LogP contribution >= 0.6 is 0 Å². The number of ether oxygens (including phenoxy) is 1. The third-order valence-corrected chi connectivity index (χ3v) is 5.32. The number of hydrogen-bond acceptors (Lipinski definition) is 4. The number of carbonyl (C=O) groups excluding carboxylic acids is 1. The Hall–Kier alpha value is -1.13. The van der Waals surface area contributed by atoms with E-state index in [-0.39, 0.29) is 22.9 Å². The molecule has 0 aromatic heterocycles. The summed E-state index contributed by atoms with van der Waals surface area (Å²) in [5, 5.41) is 11.5. The smallest absolute Gasteiger partial charge is 0.385 e. The van der Waals surface area contributed by atoms with E-state index in [9.17, 15) is 14.9 Å². The maximum atomic E-state index is 12.1. The van der Waals surface area contributed by atoms with Gasteiger partial charge in [-0.1, -0.05) is 19.3 Å². The van der Waals surface area contributed by atoms with Gasteiger partial charge in [0.1, 0.15) is 0 Å². The second kappa shape index (κ2) is 3.68. The summed E-state index contributed by atoms with van der Waals surface area (Å²) in [5.41, 5.74) is -1.72. The summed E-state index contributed by atoms with van der Waals surface area (Å²) in [4.78, 5) is 23.3. The largest absolute Gasteiger partial charge is 0.461 e. The lowest BCUT2D eigenvalue weighted by Gasteiger charge is -2.08. The molecular weight excluding hydrogens is 234 g/mol. The van der Waals surface area contributed by atoms with Gasteiger partial charge in [-0.2, -0.15) is 0 Å². The molecule has 3 fully saturated rings. The van der Waals surface area contributed by atoms with Gasteiger partial charge in [0.05, 0.1) is 17.9 Å². The lowest BCUT2D eigenvalue weighted by Crippen LogP contribution is -2.38. The summed E-state index contributed by atoms with van der Waals surface area (Å²) in [5.74, 6) is -0.258. The summed E-state index contributed by atoms with van der Waals surface area (Å²) in [7, 11) is 0. The highest BCUT2D eigenvalue weighted by Gasteiger charge is 2.98. The topological polar surface area (TPSA) is 69.4 Å². The zero-order valence-electron chi connectivity index (χ0n) is 10.7. The summed E-state index contributed by atoms with van der Waals surface area (Å²) >= 11 is 0. The number of rotatable bonds is 3. The molecule has 0 saturated heterocycles. The fourth-order valence-electron chi connectivity index (χ4n) is 4.55. The van der Waals surface area contributed by atoms with E-state index in [4.69, 9.17) is 4.74 Å². The van der Waals surface area contributed by atoms with Crippen LogP contribution in [0.3, 0.4) is 0 Å². The van der Waals surface area contributed by atoms with E-state index in [0.717, 1.165) is 38.5 Å². The van der Waals surface area contributed by atoms with Gasteiger partial charge in [-0.3, -0.25) is 10.1 Å². The maximum absolute atomic E-state index is 12.1. The standard InChI is InChI=1S/C13H19NO4/c1-2-18-11(15)13(14(16)17)10-7-5-3-4-6-9-8-12(9,10)13/h9-10H,2-8H2,1H3. The molecule has 0 aromatic rings. The quantitative estimate of drug-likeness (QED) is 0.439. The van der Waals surface area contributed by atoms with Crippen LogP contribution in [0.5, 0.6) is 0 Å². The molecule has 18 heavy (non-hydrogen) atoms. The van der Waals surface area contributed by atoms with Crippen LogP contribution in [0.15, 0.2) is 0 Å². The van der Waals surface area contributed by atoms with Crippen molar-refractivity contribution in [1.82, 2.24) is 0 Å². The molecule has 0 radical (unpaired) electrons. The van der Waals surface area contributed by atoms with Gasteiger partial charge >= 0.3 is 11.5 Å². The second-order valence-electron chi connectivity index (χ2n) is 5.88. The zero-order chi connectivity index (χ0) is 13.0. The van der Waals surface area contributed by atoms with Gasteiger partial charge in [-0.25, -0.2) is 4.79 Å². The van der Waals surface area contributed by atoms with Gasteiger partial charge in [0.15, 0.2) is 0 Å². The van der Waals surface area contributed by atoms with Gasteiger partial charge in [-0.15, -0.1) is 0 Å². The fourth-order valence-corrected chi connectivity index (χ4v) is 4.55. The molecule has 3 saturated carbocycles. The summed E-state index contributed by atoms with van der Waals surface area (Å²) < 4.78 is 5.02. The third-order valence-electron chi connectivity index (χ3n) is 5.32. The molecule has 3 rings (SSSR count). The van der Waals surface area contributed by atoms with Crippen LogP contribution in [0, 0.1) is 27.4 Å². The van der Waals surface area contributed by atoms with Gasteiger partial charge in [-0.05, 0) is 32.1 Å². The van der Waals surface area contributed by atoms with Crippen molar-refractivity contribution in [2.75, 3.05) is 6.61 Å². The molecule has 4 atom stereocenters. The molecule has 0 amide bonds. The molecule has 3 aliphatic carbocycles. The van der Waals surface area contributed by atoms with E-state index in [1.807, 2.05) is 0 Å². The van der Waals surface area contributed by atoms with E-state index < -0.39 is 11.5 Å². The molecular formula is C13H19NO4. The number of carbonyl (C=O) groups is 1. The van der Waals surface area contributed by atoms with Crippen molar-refractivity contribution in [1.29, 1.82) is 0 Å². The fraction of sp³-hybridized carbons (Fsp3) is 0.923. The number of esters is 1. The lowest BCUT2D eigenvalue weighted by atomic mass is 10.0. The van der Waals surface area contributed by atoms with Crippen molar-refractivity contribution in [2.24, 2.45) is 17.3 Å². The van der Waals surface area contributed by atoms with Gasteiger partial charge < -0.3 is 4.74 Å². The van der Waals surface area contributed by atoms with Crippen LogP contribution < -0.4 is 0 Å². The van der Waals surface area contributed by atoms with E-state index in [2.05, 4.69) is 0 Å². The molecule has 0 heterocycles. The summed E-state index contributed by atoms with van der Waals surface area (Å²) in [6.45, 7) is 1.93. The molecule has 100 valence electrons. The summed E-state index contributed by atoms with van der Waals surface area (Å²) in [6.07, 6.45) is 6.02. The number of hydrogen-bond donors (Lipinski definition) is 0. The highest BCUT2D eigenvalue weighted by molar-refractivity contribution is 5.87. The van der Waals surface area contributed by atoms with Crippen LogP contribution in [0.4, 0.5) is 0 Å². The molecule has 3 aliphatic rings. The van der Waals surface area contributed by atoms with Crippen LogP contribution in [0.2, 0.25) is 0 Å². The first-order valence-electron chi connectivity index (χ1n) is 6.94. The lowest BCUT2D eigenvalue weighted by molar-refractivity contribution is -0.534. The Bertz CT molecular complexity index is 410. The Balaban J connectivity index is 1.93. The minimum absolute atomic E-state index is 0.0654. The first kappa shape index (κ1) is 11.9. The minimum atomic E-state index is -1.39. The van der Waals surface area contributed by atoms with Gasteiger partial charge in [0, 0.05) is 4.92 Å². The first-order chi connectivity index (χ1) is 8.62. The predicted octanol–water partition coefficient (Wildman–Crippen LogP) is 2.17. The van der Waals surface area contributed by atoms with Crippen molar-refractivity contribution in [3.05, 3.63) is 10.1 Å². The van der Waals surface area contributed by atoms with Gasteiger partial charge in [0.25, 0.3) is 0 Å². The molecule has 0 aliphatic heterocycles. The van der Waals surface area contributed by atoms with Crippen molar-refractivity contribution in [2.45, 2.75) is 51.0 Å². The Morgan fingerprint density at radius 1 is 1.39 bits per heavy atom. The molecule has 0 bridgehead atoms. The van der Waals surface area contributed by atoms with Crippen LogP contribution in [0.25, 0.3) is 0 Å². The monoisotopic (exact) mass is 253 g/mol. The zero-order valence-corrected chi connectivity index (χ0v) is 10.7. The molecule has 5 nitrogen and oxygen atoms in total. The average Bonchev–Trinajstić information content (AvgIpc) is 3.14. The SMILES string of the molecule is CCOC(=O)C1([N+](=O)[O-])C2CCCCCC3CC321. The van der Waals surface area contributed by atoms with Crippen molar-refractivity contribution in [3.8, 4) is 0 Å². The highest BCUT2D eigenvalue weighted by Crippen LogP contribution is 2.84. The Morgan fingerprint density at radius 2 is 2.11 bits per heavy atom. The van der Waals surface area contributed by atoms with Crippen LogP contribution in [-0.2, 0) is 9.53 Å². The number of nitrogens with zero attached hydrogens (tertiary/aromatic N) is 1. The first-order valence-corrected chi connectivity index (χ1v) is 6.94. The molecule has 0 aromatic carbocycles. The van der Waals surface area contributed by atoms with Crippen molar-refractivity contribution in [3.63, 3.8) is 0 Å². The highest BCUT2D eigenvalue weighted by atomic mass is 16.6. The molecule has 0 N–H and O–H groups in total. The van der Waals surface area contributed by atoms with Crippen LogP contribution in [0.1, 0.15) is 45.4 Å². The molecule has 5 heteroatoms. The Labute approximate surface area is 106 Å². The normalized spacial score (nSPS) is 44.9. The predicted molar refractivity (Wildman–Crippen MR) is 63.5 cm³/mol. The van der Waals surface area contributed by atoms with Crippen molar-refractivity contribution >= 4 is 5.97 Å². The van der Waals surface area contributed by atoms with E-state index in [1.54, 1.807) is 6.92 Å². The van der Waals surface area contributed by atoms with Crippen LogP contribution in [-0.4, -0.2) is 23.0 Å². The Kier molecular flexibility index (Phi) is 2.44. The van der Waals surface area contributed by atoms with Gasteiger partial charge in [0.2, 0.25) is 0 Å². The van der Waals surface area contributed by atoms with E-state index in [1.165, 1.54) is 0 Å². The second-order valence-corrected chi connectivity index (χ2v) is 5.88. The van der Waals surface area contributed by atoms with E-state index in [0.29, 0.717) is 5.92 Å². The maximum Gasteiger partial charge on any atom is 0.385 e. The van der Waals surface area contributed by atoms with E-state index >= 15 is 0 Å². The third kappa shape index (κ3) is 1.15. The minimum Gasteiger partial charge on any atom is -0.461 e. The molecule has 1 spiro atoms. The average molecular weight is 253 g/mol. The molecule has 4 unspecified atom stereocenters. The van der Waals surface area contributed by atoms with Crippen molar-refractivity contribution < 1.29 is 14.5 Å².